The van der Waals surface area contributed by atoms with E-state index in [0.29, 0.717) is 22.7 Å². The number of para-hydroxylation sites is 1. The lowest BCUT2D eigenvalue weighted by atomic mass is 10.1. The van der Waals surface area contributed by atoms with Crippen LogP contribution in [0, 0.1) is 13.8 Å². The third-order valence-corrected chi connectivity index (χ3v) is 4.37. The van der Waals surface area contributed by atoms with E-state index in [1.165, 1.54) is 19.1 Å². The highest BCUT2D eigenvalue weighted by Crippen LogP contribution is 2.27. The summed E-state index contributed by atoms with van der Waals surface area (Å²) in [6, 6.07) is 15.3. The summed E-state index contributed by atoms with van der Waals surface area (Å²) in [6.45, 7) is 5.02. The summed E-state index contributed by atoms with van der Waals surface area (Å²) in [5.41, 5.74) is 3.39. The molecule has 3 aromatic rings. The van der Waals surface area contributed by atoms with Crippen molar-refractivity contribution in [1.82, 2.24) is 9.78 Å². The van der Waals surface area contributed by atoms with Crippen LogP contribution in [0.25, 0.3) is 11.3 Å². The maximum atomic E-state index is 12.4. The van der Waals surface area contributed by atoms with Crippen LogP contribution in [0.5, 0.6) is 5.75 Å². The van der Waals surface area contributed by atoms with Gasteiger partial charge in [-0.05, 0) is 55.3 Å². The van der Waals surface area contributed by atoms with Crippen molar-refractivity contribution in [1.29, 1.82) is 0 Å². The number of esters is 1. The Labute approximate surface area is 168 Å². The first-order chi connectivity index (χ1) is 13.8. The molecule has 7 nitrogen and oxygen atoms in total. The van der Waals surface area contributed by atoms with Gasteiger partial charge >= 0.3 is 5.97 Å². The topological polar surface area (TPSA) is 90.3 Å². The van der Waals surface area contributed by atoms with Gasteiger partial charge in [-0.3, -0.25) is 14.4 Å². The minimum atomic E-state index is -0.460. The van der Waals surface area contributed by atoms with Crippen LogP contribution in [0.1, 0.15) is 18.1 Å². The SMILES string of the molecule is CC(=O)Oc1ccccc1-c1ccc(=O)n(CC(=O)Nc2ccc(C)c(C)c2)n1. The number of hydrogen-bond acceptors (Lipinski definition) is 5. The molecule has 1 heterocycles. The monoisotopic (exact) mass is 391 g/mol. The van der Waals surface area contributed by atoms with E-state index < -0.39 is 11.5 Å². The zero-order valence-corrected chi connectivity index (χ0v) is 16.4. The number of anilines is 1. The fraction of sp³-hybridized carbons (Fsp3) is 0.182. The van der Waals surface area contributed by atoms with Crippen LogP contribution in [0.3, 0.4) is 0 Å². The summed E-state index contributed by atoms with van der Waals surface area (Å²) in [7, 11) is 0. The Bertz CT molecular complexity index is 1130. The maximum absolute atomic E-state index is 12.4. The summed E-state index contributed by atoms with van der Waals surface area (Å²) in [6.07, 6.45) is 0. The number of amides is 1. The van der Waals surface area contributed by atoms with Gasteiger partial charge in [0.25, 0.3) is 5.56 Å². The van der Waals surface area contributed by atoms with Crippen molar-refractivity contribution >= 4 is 17.6 Å². The second kappa shape index (κ2) is 8.52. The van der Waals surface area contributed by atoms with Crippen molar-refractivity contribution in [3.63, 3.8) is 0 Å². The van der Waals surface area contributed by atoms with Gasteiger partial charge in [-0.15, -0.1) is 0 Å². The van der Waals surface area contributed by atoms with E-state index in [-0.39, 0.29) is 12.5 Å². The molecule has 0 unspecified atom stereocenters. The summed E-state index contributed by atoms with van der Waals surface area (Å²) in [5, 5.41) is 7.05. The number of nitrogens with zero attached hydrogens (tertiary/aromatic N) is 2. The molecule has 0 radical (unpaired) electrons. The summed E-state index contributed by atoms with van der Waals surface area (Å²) >= 11 is 0. The van der Waals surface area contributed by atoms with Crippen LogP contribution in [0.15, 0.2) is 59.4 Å². The molecule has 0 bridgehead atoms. The number of aryl methyl sites for hydroxylation is 2. The van der Waals surface area contributed by atoms with Crippen molar-refractivity contribution in [3.8, 4) is 17.0 Å². The zero-order valence-electron chi connectivity index (χ0n) is 16.4. The molecule has 7 heteroatoms. The second-order valence-electron chi connectivity index (χ2n) is 6.65. The van der Waals surface area contributed by atoms with Crippen LogP contribution in [0.2, 0.25) is 0 Å². The van der Waals surface area contributed by atoms with Gasteiger partial charge < -0.3 is 10.1 Å². The Hall–Kier alpha value is -3.74. The largest absolute Gasteiger partial charge is 0.426 e. The normalized spacial score (nSPS) is 10.4. The zero-order chi connectivity index (χ0) is 21.0. The molecule has 1 aromatic heterocycles. The lowest BCUT2D eigenvalue weighted by Crippen LogP contribution is -2.29. The molecular weight excluding hydrogens is 370 g/mol. The second-order valence-corrected chi connectivity index (χ2v) is 6.65. The molecule has 29 heavy (non-hydrogen) atoms. The minimum Gasteiger partial charge on any atom is -0.426 e. The molecule has 0 atom stereocenters. The minimum absolute atomic E-state index is 0.241. The van der Waals surface area contributed by atoms with Crippen LogP contribution >= 0.6 is 0 Å². The molecule has 0 saturated carbocycles. The highest BCUT2D eigenvalue weighted by atomic mass is 16.5. The van der Waals surface area contributed by atoms with Gasteiger partial charge in [-0.1, -0.05) is 18.2 Å². The number of hydrogen-bond donors (Lipinski definition) is 1. The first-order valence-corrected chi connectivity index (χ1v) is 9.06. The molecular formula is C22H21N3O4. The first-order valence-electron chi connectivity index (χ1n) is 9.06. The number of ether oxygens (including phenoxy) is 1. The average Bonchev–Trinajstić information content (AvgIpc) is 2.66. The predicted molar refractivity (Wildman–Crippen MR) is 110 cm³/mol. The lowest BCUT2D eigenvalue weighted by molar-refractivity contribution is -0.131. The molecule has 148 valence electrons. The summed E-state index contributed by atoms with van der Waals surface area (Å²) in [4.78, 5) is 35.9. The fourth-order valence-electron chi connectivity index (χ4n) is 2.78. The Balaban J connectivity index is 1.84. The molecule has 1 amide bonds. The highest BCUT2D eigenvalue weighted by Gasteiger charge is 2.12. The molecule has 0 saturated heterocycles. The highest BCUT2D eigenvalue weighted by molar-refractivity contribution is 5.90. The van der Waals surface area contributed by atoms with Gasteiger partial charge in [-0.25, -0.2) is 4.68 Å². The average molecular weight is 391 g/mol. The summed E-state index contributed by atoms with van der Waals surface area (Å²) < 4.78 is 6.28. The molecule has 0 aliphatic heterocycles. The van der Waals surface area contributed by atoms with E-state index in [4.69, 9.17) is 4.74 Å². The number of rotatable bonds is 5. The number of carbonyl (C=O) groups is 2. The van der Waals surface area contributed by atoms with Crippen LogP contribution < -0.4 is 15.6 Å². The van der Waals surface area contributed by atoms with Gasteiger partial charge in [0, 0.05) is 24.2 Å². The molecule has 3 rings (SSSR count). The Kier molecular flexibility index (Phi) is 5.87. The first kappa shape index (κ1) is 20.0. The van der Waals surface area contributed by atoms with E-state index in [2.05, 4.69) is 10.4 Å². The summed E-state index contributed by atoms with van der Waals surface area (Å²) in [5.74, 6) is -0.496. The quantitative estimate of drug-likeness (QED) is 0.533. The standard InChI is InChI=1S/C22H21N3O4/c1-14-8-9-17(12-15(14)2)23-21(27)13-25-22(28)11-10-19(24-25)18-6-4-5-7-20(18)29-16(3)26/h4-12H,13H2,1-3H3,(H,23,27). The van der Waals surface area contributed by atoms with Gasteiger partial charge in [-0.2, -0.15) is 5.10 Å². The number of aromatic nitrogens is 2. The number of nitrogens with one attached hydrogen (secondary N) is 1. The van der Waals surface area contributed by atoms with Crippen molar-refractivity contribution < 1.29 is 14.3 Å². The Morgan fingerprint density at radius 3 is 2.52 bits per heavy atom. The van der Waals surface area contributed by atoms with E-state index in [0.717, 1.165) is 15.8 Å². The number of carbonyl (C=O) groups excluding carboxylic acids is 2. The Morgan fingerprint density at radius 1 is 1.03 bits per heavy atom. The van der Waals surface area contributed by atoms with Crippen LogP contribution in [-0.4, -0.2) is 21.7 Å². The van der Waals surface area contributed by atoms with Crippen molar-refractivity contribution in [3.05, 3.63) is 76.1 Å². The van der Waals surface area contributed by atoms with E-state index in [1.807, 2.05) is 32.0 Å². The lowest BCUT2D eigenvalue weighted by Gasteiger charge is -2.11. The molecule has 0 fully saturated rings. The Morgan fingerprint density at radius 2 is 1.79 bits per heavy atom. The molecule has 0 aliphatic carbocycles. The van der Waals surface area contributed by atoms with Gasteiger partial charge in [0.2, 0.25) is 5.91 Å². The van der Waals surface area contributed by atoms with Gasteiger partial charge in [0.15, 0.2) is 0 Å². The van der Waals surface area contributed by atoms with Gasteiger partial charge in [0.05, 0.1) is 5.69 Å². The molecule has 1 N–H and O–H groups in total. The fourth-order valence-corrected chi connectivity index (χ4v) is 2.78. The van der Waals surface area contributed by atoms with Crippen molar-refractivity contribution in [2.75, 3.05) is 5.32 Å². The molecule has 0 aliphatic rings. The van der Waals surface area contributed by atoms with Crippen LogP contribution in [0.4, 0.5) is 5.69 Å². The molecule has 0 spiro atoms. The van der Waals surface area contributed by atoms with Crippen molar-refractivity contribution in [2.24, 2.45) is 0 Å². The smallest absolute Gasteiger partial charge is 0.308 e. The third-order valence-electron chi connectivity index (χ3n) is 4.37. The van der Waals surface area contributed by atoms with Crippen LogP contribution in [-0.2, 0) is 16.1 Å². The molecule has 2 aromatic carbocycles. The van der Waals surface area contributed by atoms with Crippen molar-refractivity contribution in [2.45, 2.75) is 27.3 Å². The van der Waals surface area contributed by atoms with E-state index in [1.54, 1.807) is 24.3 Å². The predicted octanol–water partition coefficient (Wildman–Crippen LogP) is 3.09. The maximum Gasteiger partial charge on any atom is 0.308 e. The van der Waals surface area contributed by atoms with Gasteiger partial charge in [0.1, 0.15) is 12.3 Å². The van der Waals surface area contributed by atoms with E-state index >= 15 is 0 Å². The van der Waals surface area contributed by atoms with E-state index in [9.17, 15) is 14.4 Å². The third kappa shape index (κ3) is 4.95. The number of benzene rings is 2.